The highest BCUT2D eigenvalue weighted by Gasteiger charge is 2.09. The lowest BCUT2D eigenvalue weighted by Gasteiger charge is -2.07. The molecule has 6 heteroatoms. The van der Waals surface area contributed by atoms with Gasteiger partial charge in [-0.1, -0.05) is 30.3 Å². The van der Waals surface area contributed by atoms with Crippen LogP contribution in [0.1, 0.15) is 21.1 Å². The zero-order chi connectivity index (χ0) is 16.9. The number of thiazole rings is 1. The van der Waals surface area contributed by atoms with E-state index in [1.165, 1.54) is 16.7 Å². The summed E-state index contributed by atoms with van der Waals surface area (Å²) in [5.41, 5.74) is 2.96. The Morgan fingerprint density at radius 2 is 1.92 bits per heavy atom. The molecule has 1 heterocycles. The lowest BCUT2D eigenvalue weighted by atomic mass is 10.0. The highest BCUT2D eigenvalue weighted by Crippen LogP contribution is 2.24. The number of carboxylic acid groups (broad SMARTS) is 1. The summed E-state index contributed by atoms with van der Waals surface area (Å²) in [6, 6.07) is 15.3. The zero-order valence-electron chi connectivity index (χ0n) is 12.7. The van der Waals surface area contributed by atoms with Crippen LogP contribution in [0, 0.1) is 0 Å². The second kappa shape index (κ2) is 7.25. The number of aromatic nitrogens is 1. The van der Waals surface area contributed by atoms with Gasteiger partial charge in [0.25, 0.3) is 0 Å². The van der Waals surface area contributed by atoms with Gasteiger partial charge in [0.15, 0.2) is 5.69 Å². The Balaban J connectivity index is 1.66. The van der Waals surface area contributed by atoms with Crippen LogP contribution in [0.3, 0.4) is 0 Å². The normalized spacial score (nSPS) is 10.5. The summed E-state index contributed by atoms with van der Waals surface area (Å²) in [7, 11) is 0. The predicted octanol–water partition coefficient (Wildman–Crippen LogP) is 3.58. The van der Waals surface area contributed by atoms with Crippen molar-refractivity contribution < 1.29 is 19.7 Å². The summed E-state index contributed by atoms with van der Waals surface area (Å²) in [6.07, 6.45) is 0. The highest BCUT2D eigenvalue weighted by atomic mass is 32.1. The Kier molecular flexibility index (Phi) is 4.88. The molecule has 0 aliphatic carbocycles. The molecule has 0 saturated heterocycles. The van der Waals surface area contributed by atoms with Crippen molar-refractivity contribution in [1.29, 1.82) is 0 Å². The molecule has 3 rings (SSSR count). The van der Waals surface area contributed by atoms with Crippen LogP contribution in [0.5, 0.6) is 5.75 Å². The molecular weight excluding hydrogens is 326 g/mol. The van der Waals surface area contributed by atoms with E-state index in [0.29, 0.717) is 10.8 Å². The van der Waals surface area contributed by atoms with Gasteiger partial charge >= 0.3 is 5.97 Å². The maximum Gasteiger partial charge on any atom is 0.355 e. The molecule has 24 heavy (non-hydrogen) atoms. The van der Waals surface area contributed by atoms with E-state index < -0.39 is 5.97 Å². The van der Waals surface area contributed by atoms with Gasteiger partial charge in [0.2, 0.25) is 0 Å². The Bertz CT molecular complexity index is 842. The van der Waals surface area contributed by atoms with Gasteiger partial charge in [0, 0.05) is 5.38 Å². The van der Waals surface area contributed by atoms with Crippen LogP contribution in [-0.2, 0) is 13.2 Å². The first kappa shape index (κ1) is 16.2. The van der Waals surface area contributed by atoms with E-state index in [0.717, 1.165) is 16.7 Å². The molecule has 0 bridgehead atoms. The van der Waals surface area contributed by atoms with Crippen LogP contribution in [0.15, 0.2) is 53.9 Å². The number of aromatic carboxylic acids is 1. The number of rotatable bonds is 6. The topological polar surface area (TPSA) is 79.7 Å². The molecule has 0 fully saturated rings. The van der Waals surface area contributed by atoms with E-state index in [1.54, 1.807) is 0 Å². The first-order valence-electron chi connectivity index (χ1n) is 7.26. The number of hydrogen-bond donors (Lipinski definition) is 2. The Hall–Kier alpha value is -2.70. The van der Waals surface area contributed by atoms with Gasteiger partial charge in [-0.05, 0) is 34.9 Å². The molecule has 0 spiro atoms. The zero-order valence-corrected chi connectivity index (χ0v) is 13.5. The molecule has 0 atom stereocenters. The number of ether oxygens (including phenoxy) is 1. The molecule has 2 aromatic carbocycles. The van der Waals surface area contributed by atoms with Gasteiger partial charge in [0.1, 0.15) is 17.4 Å². The second-order valence-electron chi connectivity index (χ2n) is 5.10. The quantitative estimate of drug-likeness (QED) is 0.716. The smallest absolute Gasteiger partial charge is 0.355 e. The fourth-order valence-corrected chi connectivity index (χ4v) is 2.89. The van der Waals surface area contributed by atoms with Crippen LogP contribution >= 0.6 is 11.3 Å². The highest BCUT2D eigenvalue weighted by molar-refractivity contribution is 7.09. The first-order valence-corrected chi connectivity index (χ1v) is 8.14. The van der Waals surface area contributed by atoms with Crippen LogP contribution in [0.4, 0.5) is 0 Å². The van der Waals surface area contributed by atoms with E-state index in [1.807, 2.05) is 48.5 Å². The van der Waals surface area contributed by atoms with Crippen LogP contribution in [-0.4, -0.2) is 21.2 Å². The number of hydrogen-bond acceptors (Lipinski definition) is 5. The molecule has 122 valence electrons. The van der Waals surface area contributed by atoms with Gasteiger partial charge in [-0.3, -0.25) is 0 Å². The summed E-state index contributed by atoms with van der Waals surface area (Å²) in [4.78, 5) is 14.8. The lowest BCUT2D eigenvalue weighted by Crippen LogP contribution is -1.99. The van der Waals surface area contributed by atoms with Crippen LogP contribution in [0.2, 0.25) is 0 Å². The van der Waals surface area contributed by atoms with Crippen molar-refractivity contribution in [2.75, 3.05) is 0 Å². The summed E-state index contributed by atoms with van der Waals surface area (Å²) in [6.45, 7) is 0.248. The maximum absolute atomic E-state index is 10.8. The maximum atomic E-state index is 10.8. The number of carbonyl (C=O) groups is 1. The predicted molar refractivity (Wildman–Crippen MR) is 91.2 cm³/mol. The summed E-state index contributed by atoms with van der Waals surface area (Å²) in [5.74, 6) is -0.351. The van der Waals surface area contributed by atoms with Crippen molar-refractivity contribution in [1.82, 2.24) is 4.98 Å². The van der Waals surface area contributed by atoms with Crippen LogP contribution in [0.25, 0.3) is 11.1 Å². The van der Waals surface area contributed by atoms with Crippen molar-refractivity contribution in [2.45, 2.75) is 13.2 Å². The average Bonchev–Trinajstić information content (AvgIpc) is 3.10. The van der Waals surface area contributed by atoms with Crippen molar-refractivity contribution >= 4 is 17.3 Å². The number of aliphatic hydroxyl groups is 1. The van der Waals surface area contributed by atoms with Crippen LogP contribution < -0.4 is 4.74 Å². The number of aliphatic hydroxyl groups excluding tert-OH is 1. The molecule has 0 aliphatic rings. The number of benzene rings is 2. The standard InChI is InChI=1S/C18H15NO4S/c20-9-12-2-1-3-14(8-12)13-4-6-15(7-5-13)23-10-17-19-16(11-24-17)18(21)22/h1-8,11,20H,9-10H2,(H,21,22). The number of carboxylic acids is 1. The van der Waals surface area contributed by atoms with Gasteiger partial charge in [-0.15, -0.1) is 11.3 Å². The molecule has 1 aromatic heterocycles. The van der Waals surface area contributed by atoms with Crippen molar-refractivity contribution in [3.63, 3.8) is 0 Å². The Morgan fingerprint density at radius 3 is 2.58 bits per heavy atom. The monoisotopic (exact) mass is 341 g/mol. The van der Waals surface area contributed by atoms with E-state index in [-0.39, 0.29) is 18.9 Å². The van der Waals surface area contributed by atoms with Gasteiger partial charge in [-0.25, -0.2) is 9.78 Å². The first-order chi connectivity index (χ1) is 11.7. The third-order valence-corrected chi connectivity index (χ3v) is 4.25. The Labute approximate surface area is 142 Å². The average molecular weight is 341 g/mol. The molecule has 0 unspecified atom stereocenters. The van der Waals surface area contributed by atoms with Crippen molar-refractivity contribution in [2.24, 2.45) is 0 Å². The fraction of sp³-hybridized carbons (Fsp3) is 0.111. The van der Waals surface area contributed by atoms with E-state index in [2.05, 4.69) is 4.98 Å². The third-order valence-electron chi connectivity index (χ3n) is 3.43. The van der Waals surface area contributed by atoms with Crippen molar-refractivity contribution in [3.8, 4) is 16.9 Å². The molecule has 0 saturated carbocycles. The van der Waals surface area contributed by atoms with Gasteiger partial charge in [-0.2, -0.15) is 0 Å². The molecule has 0 amide bonds. The molecule has 5 nitrogen and oxygen atoms in total. The van der Waals surface area contributed by atoms with Gasteiger partial charge < -0.3 is 14.9 Å². The van der Waals surface area contributed by atoms with E-state index in [9.17, 15) is 9.90 Å². The van der Waals surface area contributed by atoms with E-state index >= 15 is 0 Å². The SMILES string of the molecule is O=C(O)c1csc(COc2ccc(-c3cccc(CO)c3)cc2)n1. The lowest BCUT2D eigenvalue weighted by molar-refractivity contribution is 0.0691. The van der Waals surface area contributed by atoms with Gasteiger partial charge in [0.05, 0.1) is 6.61 Å². The molecule has 2 N–H and O–H groups in total. The largest absolute Gasteiger partial charge is 0.486 e. The molecule has 0 radical (unpaired) electrons. The minimum atomic E-state index is -1.04. The van der Waals surface area contributed by atoms with E-state index in [4.69, 9.17) is 9.84 Å². The van der Waals surface area contributed by atoms with Crippen molar-refractivity contribution in [3.05, 3.63) is 70.2 Å². The fourth-order valence-electron chi connectivity index (χ4n) is 2.21. The number of nitrogens with zero attached hydrogens (tertiary/aromatic N) is 1. The molecule has 3 aromatic rings. The second-order valence-corrected chi connectivity index (χ2v) is 6.05. The minimum absolute atomic E-state index is 0.0151. The third kappa shape index (κ3) is 3.79. The summed E-state index contributed by atoms with van der Waals surface area (Å²) < 4.78 is 5.64. The Morgan fingerprint density at radius 1 is 1.12 bits per heavy atom. The summed E-state index contributed by atoms with van der Waals surface area (Å²) >= 11 is 1.26. The molecular formula is C18H15NO4S. The summed E-state index contributed by atoms with van der Waals surface area (Å²) in [5, 5.41) is 20.2. The minimum Gasteiger partial charge on any atom is -0.486 e. The molecule has 0 aliphatic heterocycles.